The zero-order chi connectivity index (χ0) is 12.5. The Morgan fingerprint density at radius 3 is 2.47 bits per heavy atom. The Bertz CT molecular complexity index is 488. The van der Waals surface area contributed by atoms with E-state index in [1.165, 1.54) is 11.1 Å². The molecule has 1 fully saturated rings. The first kappa shape index (κ1) is 12.6. The van der Waals surface area contributed by atoms with Crippen LogP contribution >= 0.6 is 0 Å². The third kappa shape index (κ3) is 3.30. The van der Waals surface area contributed by atoms with Gasteiger partial charge in [-0.25, -0.2) is 8.42 Å². The molecule has 0 radical (unpaired) electrons. The zero-order valence-corrected chi connectivity index (χ0v) is 11.2. The van der Waals surface area contributed by atoms with Gasteiger partial charge in [0, 0.05) is 6.04 Å². The number of nitrogens with one attached hydrogen (secondary N) is 1. The van der Waals surface area contributed by atoms with Crippen LogP contribution in [0.15, 0.2) is 18.2 Å². The number of hydrogen-bond acceptors (Lipinski definition) is 3. The van der Waals surface area contributed by atoms with Gasteiger partial charge in [-0.1, -0.05) is 29.3 Å². The molecule has 1 aliphatic rings. The minimum atomic E-state index is -2.90. The quantitative estimate of drug-likeness (QED) is 0.829. The van der Waals surface area contributed by atoms with Gasteiger partial charge in [0.15, 0.2) is 9.84 Å². The van der Waals surface area contributed by atoms with Crippen molar-refractivity contribution in [2.45, 2.75) is 26.3 Å². The summed E-state index contributed by atoms with van der Waals surface area (Å²) >= 11 is 0. The SMILES string of the molecule is Cc1cc(C)cc(C2CS(=O)(=O)CCCN2)c1. The maximum Gasteiger partial charge on any atom is 0.152 e. The van der Waals surface area contributed by atoms with E-state index in [-0.39, 0.29) is 11.8 Å². The van der Waals surface area contributed by atoms with Crippen molar-refractivity contribution in [2.24, 2.45) is 0 Å². The first-order valence-corrected chi connectivity index (χ1v) is 7.80. The summed E-state index contributed by atoms with van der Waals surface area (Å²) in [5.74, 6) is 0.525. The van der Waals surface area contributed by atoms with E-state index < -0.39 is 9.84 Å². The van der Waals surface area contributed by atoms with Crippen LogP contribution < -0.4 is 5.32 Å². The predicted octanol–water partition coefficient (Wildman–Crippen LogP) is 1.75. The number of sulfone groups is 1. The smallest absolute Gasteiger partial charge is 0.152 e. The highest BCUT2D eigenvalue weighted by molar-refractivity contribution is 7.91. The highest BCUT2D eigenvalue weighted by Crippen LogP contribution is 2.21. The third-order valence-corrected chi connectivity index (χ3v) is 4.84. The molecule has 0 aliphatic carbocycles. The molecule has 1 heterocycles. The predicted molar refractivity (Wildman–Crippen MR) is 69.9 cm³/mol. The molecule has 4 heteroatoms. The lowest BCUT2D eigenvalue weighted by atomic mass is 10.0. The minimum Gasteiger partial charge on any atom is -0.309 e. The third-order valence-electron chi connectivity index (χ3n) is 3.09. The second-order valence-electron chi connectivity index (χ2n) is 4.90. The summed E-state index contributed by atoms with van der Waals surface area (Å²) < 4.78 is 23.6. The van der Waals surface area contributed by atoms with Crippen molar-refractivity contribution >= 4 is 9.84 Å². The summed E-state index contributed by atoms with van der Waals surface area (Å²) in [6, 6.07) is 6.20. The van der Waals surface area contributed by atoms with Crippen LogP contribution in [0.2, 0.25) is 0 Å². The van der Waals surface area contributed by atoms with Gasteiger partial charge in [-0.15, -0.1) is 0 Å². The molecule has 1 aromatic rings. The van der Waals surface area contributed by atoms with Crippen LogP contribution in [0.5, 0.6) is 0 Å². The molecule has 1 aliphatic heterocycles. The molecule has 3 nitrogen and oxygen atoms in total. The monoisotopic (exact) mass is 253 g/mol. The van der Waals surface area contributed by atoms with Gasteiger partial charge in [-0.3, -0.25) is 0 Å². The first-order chi connectivity index (χ1) is 7.96. The van der Waals surface area contributed by atoms with Crippen molar-refractivity contribution < 1.29 is 8.42 Å². The molecular weight excluding hydrogens is 234 g/mol. The number of benzene rings is 1. The van der Waals surface area contributed by atoms with E-state index in [2.05, 4.69) is 23.5 Å². The number of rotatable bonds is 1. The lowest BCUT2D eigenvalue weighted by Gasteiger charge is -2.17. The zero-order valence-electron chi connectivity index (χ0n) is 10.4. The lowest BCUT2D eigenvalue weighted by Crippen LogP contribution is -2.25. The van der Waals surface area contributed by atoms with Gasteiger partial charge in [0.2, 0.25) is 0 Å². The summed E-state index contributed by atoms with van der Waals surface area (Å²) in [7, 11) is -2.90. The summed E-state index contributed by atoms with van der Waals surface area (Å²) in [6.45, 7) is 4.86. The largest absolute Gasteiger partial charge is 0.309 e. The van der Waals surface area contributed by atoms with E-state index in [1.807, 2.05) is 13.8 Å². The van der Waals surface area contributed by atoms with E-state index in [4.69, 9.17) is 0 Å². The molecule has 0 saturated carbocycles. The Kier molecular flexibility index (Phi) is 3.54. The average Bonchev–Trinajstić information content (AvgIpc) is 2.37. The van der Waals surface area contributed by atoms with Crippen molar-refractivity contribution in [3.63, 3.8) is 0 Å². The molecule has 1 unspecified atom stereocenters. The number of aryl methyl sites for hydroxylation is 2. The minimum absolute atomic E-state index is 0.0545. The van der Waals surface area contributed by atoms with Gasteiger partial charge < -0.3 is 5.32 Å². The topological polar surface area (TPSA) is 46.2 Å². The Hall–Kier alpha value is -0.870. The van der Waals surface area contributed by atoms with E-state index in [0.29, 0.717) is 12.2 Å². The van der Waals surface area contributed by atoms with E-state index >= 15 is 0 Å². The van der Waals surface area contributed by atoms with Crippen LogP contribution in [0.25, 0.3) is 0 Å². The van der Waals surface area contributed by atoms with E-state index in [0.717, 1.165) is 12.1 Å². The molecule has 0 spiro atoms. The van der Waals surface area contributed by atoms with E-state index in [9.17, 15) is 8.42 Å². The van der Waals surface area contributed by atoms with Crippen LogP contribution in [0.1, 0.15) is 29.2 Å². The Morgan fingerprint density at radius 1 is 1.18 bits per heavy atom. The Morgan fingerprint density at radius 2 is 1.82 bits per heavy atom. The maximum atomic E-state index is 11.8. The number of hydrogen-bond donors (Lipinski definition) is 1. The molecule has 17 heavy (non-hydrogen) atoms. The molecule has 0 amide bonds. The summed E-state index contributed by atoms with van der Waals surface area (Å²) in [6.07, 6.45) is 0.712. The van der Waals surface area contributed by atoms with Crippen LogP contribution in [0, 0.1) is 13.8 Å². The molecule has 1 aromatic carbocycles. The van der Waals surface area contributed by atoms with Gasteiger partial charge in [-0.2, -0.15) is 0 Å². The molecule has 0 bridgehead atoms. The van der Waals surface area contributed by atoms with Crippen LogP contribution in [0.3, 0.4) is 0 Å². The normalized spacial score (nSPS) is 24.2. The van der Waals surface area contributed by atoms with Crippen molar-refractivity contribution in [1.29, 1.82) is 0 Å². The summed E-state index contributed by atoms with van der Waals surface area (Å²) in [4.78, 5) is 0. The van der Waals surface area contributed by atoms with Crippen LogP contribution in [-0.2, 0) is 9.84 Å². The highest BCUT2D eigenvalue weighted by atomic mass is 32.2. The first-order valence-electron chi connectivity index (χ1n) is 5.98. The Labute approximate surface area is 103 Å². The van der Waals surface area contributed by atoms with Gasteiger partial charge in [-0.05, 0) is 32.4 Å². The molecule has 1 N–H and O–H groups in total. The fourth-order valence-corrected chi connectivity index (χ4v) is 3.96. The van der Waals surface area contributed by atoms with Crippen molar-refractivity contribution in [3.05, 3.63) is 34.9 Å². The standard InChI is InChI=1S/C13H19NO2S/c1-10-6-11(2)8-12(7-10)13-9-17(15,16)5-3-4-14-13/h6-8,13-14H,3-5,9H2,1-2H3. The summed E-state index contributed by atoms with van der Waals surface area (Å²) in [5, 5.41) is 3.33. The average molecular weight is 253 g/mol. The highest BCUT2D eigenvalue weighted by Gasteiger charge is 2.23. The van der Waals surface area contributed by atoms with Gasteiger partial charge in [0.25, 0.3) is 0 Å². The molecule has 1 saturated heterocycles. The van der Waals surface area contributed by atoms with E-state index in [1.54, 1.807) is 0 Å². The van der Waals surface area contributed by atoms with Gasteiger partial charge in [0.1, 0.15) is 0 Å². The lowest BCUT2D eigenvalue weighted by molar-refractivity contribution is 0.571. The van der Waals surface area contributed by atoms with Gasteiger partial charge in [0.05, 0.1) is 11.5 Å². The molecular formula is C13H19NO2S. The fraction of sp³-hybridized carbons (Fsp3) is 0.538. The van der Waals surface area contributed by atoms with Gasteiger partial charge >= 0.3 is 0 Å². The van der Waals surface area contributed by atoms with Crippen molar-refractivity contribution in [3.8, 4) is 0 Å². The molecule has 1 atom stereocenters. The maximum absolute atomic E-state index is 11.8. The fourth-order valence-electron chi connectivity index (χ4n) is 2.39. The van der Waals surface area contributed by atoms with Crippen LogP contribution in [-0.4, -0.2) is 26.5 Å². The van der Waals surface area contributed by atoms with Crippen molar-refractivity contribution in [2.75, 3.05) is 18.1 Å². The Balaban J connectivity index is 2.31. The molecule has 2 rings (SSSR count). The molecule has 94 valence electrons. The summed E-state index contributed by atoms with van der Waals surface area (Å²) in [5.41, 5.74) is 3.46. The molecule has 0 aromatic heterocycles. The van der Waals surface area contributed by atoms with Crippen LogP contribution in [0.4, 0.5) is 0 Å². The van der Waals surface area contributed by atoms with Crippen molar-refractivity contribution in [1.82, 2.24) is 5.32 Å². The second kappa shape index (κ2) is 4.78. The second-order valence-corrected chi connectivity index (χ2v) is 7.12.